The van der Waals surface area contributed by atoms with Crippen molar-refractivity contribution in [3.63, 3.8) is 0 Å². The molecule has 0 bridgehead atoms. The number of rotatable bonds is 11. The highest BCUT2D eigenvalue weighted by atomic mass is 19.4. The Morgan fingerprint density at radius 3 is 1.90 bits per heavy atom. The summed E-state index contributed by atoms with van der Waals surface area (Å²) >= 11 is 0. The summed E-state index contributed by atoms with van der Waals surface area (Å²) in [6.45, 7) is 6.02. The molecule has 0 N–H and O–H groups in total. The van der Waals surface area contributed by atoms with Gasteiger partial charge in [-0.2, -0.15) is 10.2 Å². The number of hydrogen-bond donors (Lipinski definition) is 0. The molecule has 0 heterocycles. The predicted octanol–water partition coefficient (Wildman–Crippen LogP) is 6.67. The first-order valence-electron chi connectivity index (χ1n) is 9.56. The Balaban J connectivity index is 1.69. The first-order valence-corrected chi connectivity index (χ1v) is 9.56. The lowest BCUT2D eigenvalue weighted by molar-refractivity contribution is -0.274. The minimum Gasteiger partial charge on any atom is -0.494 e. The summed E-state index contributed by atoms with van der Waals surface area (Å²) in [7, 11) is 0. The molecule has 0 unspecified atom stereocenters. The Morgan fingerprint density at radius 1 is 0.871 bits per heavy atom. The van der Waals surface area contributed by atoms with Crippen molar-refractivity contribution in [3.05, 3.63) is 60.7 Å². The molecule has 0 saturated carbocycles. The van der Waals surface area contributed by atoms with Crippen molar-refractivity contribution >= 4 is 17.3 Å². The lowest BCUT2D eigenvalue weighted by Gasteiger charge is -2.08. The molecule has 0 atom stereocenters. The fourth-order valence-electron chi connectivity index (χ4n) is 2.30. The summed E-state index contributed by atoms with van der Waals surface area (Å²) in [5.74, 6) is -0.0110. The third kappa shape index (κ3) is 9.79. The number of ether oxygens (including phenoxy) is 3. The molecule has 0 fully saturated rings. The van der Waals surface area contributed by atoms with E-state index < -0.39 is 6.36 Å². The van der Waals surface area contributed by atoms with Crippen LogP contribution < -0.4 is 9.47 Å². The first-order chi connectivity index (χ1) is 14.7. The van der Waals surface area contributed by atoms with Crippen molar-refractivity contribution in [1.82, 2.24) is 0 Å². The molecule has 0 aromatic heterocycles. The van der Waals surface area contributed by atoms with E-state index in [1.165, 1.54) is 24.3 Å². The molecule has 166 valence electrons. The number of unbranched alkanes of at least 4 members (excludes halogenated alkanes) is 2. The second-order valence-corrected chi connectivity index (χ2v) is 6.56. The van der Waals surface area contributed by atoms with E-state index in [-0.39, 0.29) is 11.7 Å². The van der Waals surface area contributed by atoms with Crippen LogP contribution in [-0.4, -0.2) is 25.5 Å². The normalized spacial score (nSPS) is 11.4. The maximum atomic E-state index is 12.1. The van der Waals surface area contributed by atoms with Gasteiger partial charge in [-0.15, -0.1) is 13.2 Å². The molecule has 6 nitrogen and oxygen atoms in total. The molecule has 0 aliphatic heterocycles. The second-order valence-electron chi connectivity index (χ2n) is 6.56. The van der Waals surface area contributed by atoms with Crippen LogP contribution in [0.2, 0.25) is 0 Å². The van der Waals surface area contributed by atoms with Crippen LogP contribution in [0.5, 0.6) is 11.5 Å². The van der Waals surface area contributed by atoms with E-state index in [1.54, 1.807) is 31.2 Å². The van der Waals surface area contributed by atoms with Crippen LogP contribution in [0.4, 0.5) is 24.5 Å². The van der Waals surface area contributed by atoms with Crippen molar-refractivity contribution in [1.29, 1.82) is 0 Å². The largest absolute Gasteiger partial charge is 0.573 e. The molecule has 31 heavy (non-hydrogen) atoms. The van der Waals surface area contributed by atoms with Gasteiger partial charge in [0.25, 0.3) is 0 Å². The second kappa shape index (κ2) is 11.7. The molecular weight excluding hydrogens is 413 g/mol. The average Bonchev–Trinajstić information content (AvgIpc) is 2.72. The molecule has 0 aliphatic carbocycles. The molecule has 0 aliphatic rings. The molecule has 0 saturated heterocycles. The summed E-state index contributed by atoms with van der Waals surface area (Å²) in [4.78, 5) is 11.2. The Morgan fingerprint density at radius 2 is 1.39 bits per heavy atom. The average molecular weight is 436 g/mol. The summed E-state index contributed by atoms with van der Waals surface area (Å²) in [6.07, 6.45) is -2.29. The van der Waals surface area contributed by atoms with E-state index in [1.807, 2.05) is 0 Å². The van der Waals surface area contributed by atoms with Gasteiger partial charge in [0.1, 0.15) is 11.5 Å². The molecule has 2 aromatic carbocycles. The Hall–Kier alpha value is -3.36. The number of alkyl halides is 3. The maximum absolute atomic E-state index is 12.1. The number of hydrogen-bond acceptors (Lipinski definition) is 6. The quantitative estimate of drug-likeness (QED) is 0.171. The number of benzene rings is 2. The van der Waals surface area contributed by atoms with Gasteiger partial charge in [-0.05, 0) is 74.7 Å². The van der Waals surface area contributed by atoms with Gasteiger partial charge < -0.3 is 14.2 Å². The Bertz CT molecular complexity index is 879. The standard InChI is InChI=1S/C22H23F3N2O4/c1-16(2)21(28)30-15-5-3-4-14-29-19-10-6-17(7-11-19)26-27-18-8-12-20(13-9-18)31-22(23,24)25/h6-13H,1,3-5,14-15H2,2H3. The molecule has 0 spiro atoms. The fraction of sp³-hybridized carbons (Fsp3) is 0.318. The van der Waals surface area contributed by atoms with E-state index in [2.05, 4.69) is 21.5 Å². The van der Waals surface area contributed by atoms with Gasteiger partial charge in [-0.3, -0.25) is 0 Å². The number of carbonyl (C=O) groups is 1. The highest BCUT2D eigenvalue weighted by Gasteiger charge is 2.30. The zero-order valence-corrected chi connectivity index (χ0v) is 17.0. The van der Waals surface area contributed by atoms with Crippen LogP contribution in [0.3, 0.4) is 0 Å². The van der Waals surface area contributed by atoms with Gasteiger partial charge in [-0.25, -0.2) is 4.79 Å². The van der Waals surface area contributed by atoms with E-state index >= 15 is 0 Å². The number of carbonyl (C=O) groups excluding carboxylic acids is 1. The zero-order valence-electron chi connectivity index (χ0n) is 17.0. The van der Waals surface area contributed by atoms with Gasteiger partial charge in [0, 0.05) is 5.57 Å². The molecule has 2 aromatic rings. The van der Waals surface area contributed by atoms with E-state index in [4.69, 9.17) is 9.47 Å². The van der Waals surface area contributed by atoms with E-state index in [0.29, 0.717) is 35.9 Å². The highest BCUT2D eigenvalue weighted by Crippen LogP contribution is 2.26. The smallest absolute Gasteiger partial charge is 0.494 e. The number of nitrogens with zero attached hydrogens (tertiary/aromatic N) is 2. The minimum atomic E-state index is -4.73. The number of halogens is 3. The van der Waals surface area contributed by atoms with Gasteiger partial charge in [-0.1, -0.05) is 6.58 Å². The maximum Gasteiger partial charge on any atom is 0.573 e. The molecule has 0 radical (unpaired) electrons. The fourth-order valence-corrected chi connectivity index (χ4v) is 2.30. The van der Waals surface area contributed by atoms with Crippen LogP contribution >= 0.6 is 0 Å². The van der Waals surface area contributed by atoms with Gasteiger partial charge >= 0.3 is 12.3 Å². The van der Waals surface area contributed by atoms with Crippen molar-refractivity contribution in [2.24, 2.45) is 10.2 Å². The summed E-state index contributed by atoms with van der Waals surface area (Å²) in [5.41, 5.74) is 1.35. The SMILES string of the molecule is C=C(C)C(=O)OCCCCCOc1ccc(N=Nc2ccc(OC(F)(F)F)cc2)cc1. The van der Waals surface area contributed by atoms with Crippen LogP contribution in [0, 0.1) is 0 Å². The van der Waals surface area contributed by atoms with Crippen LogP contribution in [0.25, 0.3) is 0 Å². The van der Waals surface area contributed by atoms with Gasteiger partial charge in [0.2, 0.25) is 0 Å². The van der Waals surface area contributed by atoms with Crippen molar-refractivity contribution in [2.45, 2.75) is 32.5 Å². The summed E-state index contributed by atoms with van der Waals surface area (Å²) in [5, 5.41) is 8.01. The molecular formula is C22H23F3N2O4. The van der Waals surface area contributed by atoms with Crippen molar-refractivity contribution in [3.8, 4) is 11.5 Å². The Labute approximate surface area is 178 Å². The lowest BCUT2D eigenvalue weighted by Crippen LogP contribution is -2.16. The molecule has 2 rings (SSSR count). The van der Waals surface area contributed by atoms with E-state index in [9.17, 15) is 18.0 Å². The molecule has 0 amide bonds. The Kier molecular flexibility index (Phi) is 9.05. The topological polar surface area (TPSA) is 69.5 Å². The monoisotopic (exact) mass is 436 g/mol. The lowest BCUT2D eigenvalue weighted by atomic mass is 10.2. The van der Waals surface area contributed by atoms with E-state index in [0.717, 1.165) is 19.3 Å². The summed E-state index contributed by atoms with van der Waals surface area (Å²) in [6, 6.07) is 12.0. The molecule has 9 heteroatoms. The van der Waals surface area contributed by atoms with Crippen molar-refractivity contribution < 1.29 is 32.2 Å². The summed E-state index contributed by atoms with van der Waals surface area (Å²) < 4.78 is 50.9. The van der Waals surface area contributed by atoms with Crippen molar-refractivity contribution in [2.75, 3.05) is 13.2 Å². The number of azo groups is 1. The highest BCUT2D eigenvalue weighted by molar-refractivity contribution is 5.86. The third-order valence-electron chi connectivity index (χ3n) is 3.83. The predicted molar refractivity (Wildman–Crippen MR) is 109 cm³/mol. The zero-order chi connectivity index (χ0) is 22.7. The van der Waals surface area contributed by atoms with Gasteiger partial charge in [0.05, 0.1) is 24.6 Å². The minimum absolute atomic E-state index is 0.319. The number of esters is 1. The van der Waals surface area contributed by atoms with Crippen LogP contribution in [0.15, 0.2) is 70.9 Å². The first kappa shape index (κ1) is 23.9. The van der Waals surface area contributed by atoms with Crippen LogP contribution in [-0.2, 0) is 9.53 Å². The van der Waals surface area contributed by atoms with Crippen LogP contribution in [0.1, 0.15) is 26.2 Å². The third-order valence-corrected chi connectivity index (χ3v) is 3.83. The van der Waals surface area contributed by atoms with Gasteiger partial charge in [0.15, 0.2) is 0 Å².